The first-order chi connectivity index (χ1) is 19.0. The Kier molecular flexibility index (Phi) is 7.70. The summed E-state index contributed by atoms with van der Waals surface area (Å²) in [4.78, 5) is 36.8. The molecule has 5 rings (SSSR count). The van der Waals surface area contributed by atoms with Crippen LogP contribution >= 0.6 is 0 Å². The molecule has 2 aliphatic rings. The third-order valence-corrected chi connectivity index (χ3v) is 6.29. The van der Waals surface area contributed by atoms with E-state index in [1.165, 1.54) is 11.6 Å². The molecule has 1 heterocycles. The minimum absolute atomic E-state index is 0.156. The van der Waals surface area contributed by atoms with E-state index in [2.05, 4.69) is 10.6 Å². The largest absolute Gasteiger partial charge is 0.454 e. The zero-order valence-corrected chi connectivity index (χ0v) is 21.0. The van der Waals surface area contributed by atoms with E-state index < -0.39 is 5.91 Å². The number of nitrogens with one attached hydrogen (secondary N) is 3. The van der Waals surface area contributed by atoms with Crippen molar-refractivity contribution in [3.05, 3.63) is 101 Å². The monoisotopic (exact) mass is 525 g/mol. The average Bonchev–Trinajstić information content (AvgIpc) is 3.66. The minimum atomic E-state index is -0.612. The number of hydroxylamine groups is 1. The molecule has 1 aliphatic heterocycles. The van der Waals surface area contributed by atoms with Gasteiger partial charge >= 0.3 is 0 Å². The van der Waals surface area contributed by atoms with Crippen molar-refractivity contribution >= 4 is 35.4 Å². The van der Waals surface area contributed by atoms with Crippen molar-refractivity contribution in [2.45, 2.75) is 25.4 Å². The van der Waals surface area contributed by atoms with E-state index in [-0.39, 0.29) is 24.6 Å². The van der Waals surface area contributed by atoms with Gasteiger partial charge in [0.25, 0.3) is 17.7 Å². The van der Waals surface area contributed by atoms with Gasteiger partial charge in [0.05, 0.1) is 0 Å². The molecule has 1 saturated carbocycles. The molecule has 3 aromatic carbocycles. The third-order valence-electron chi connectivity index (χ3n) is 6.29. The van der Waals surface area contributed by atoms with Crippen molar-refractivity contribution in [2.75, 3.05) is 6.79 Å². The number of rotatable bonds is 9. The third kappa shape index (κ3) is 6.71. The molecule has 198 valence electrons. The molecule has 39 heavy (non-hydrogen) atoms. The zero-order valence-electron chi connectivity index (χ0n) is 21.0. The minimum Gasteiger partial charge on any atom is -0.454 e. The Morgan fingerprint density at radius 1 is 0.872 bits per heavy atom. The summed E-state index contributed by atoms with van der Waals surface area (Å²) in [6.07, 6.45) is 6.55. The average molecular weight is 526 g/mol. The first kappa shape index (κ1) is 25.7. The molecule has 0 radical (unpaired) electrons. The van der Waals surface area contributed by atoms with Gasteiger partial charge < -0.3 is 20.1 Å². The van der Waals surface area contributed by atoms with Crippen molar-refractivity contribution < 1.29 is 29.1 Å². The molecule has 4 N–H and O–H groups in total. The maximum atomic E-state index is 13.0. The molecule has 0 bridgehead atoms. The summed E-state index contributed by atoms with van der Waals surface area (Å²) < 4.78 is 10.9. The fourth-order valence-corrected chi connectivity index (χ4v) is 3.97. The van der Waals surface area contributed by atoms with Crippen molar-refractivity contribution in [3.63, 3.8) is 0 Å². The van der Waals surface area contributed by atoms with Gasteiger partial charge in [0, 0.05) is 29.8 Å². The van der Waals surface area contributed by atoms with E-state index >= 15 is 0 Å². The highest BCUT2D eigenvalue weighted by molar-refractivity contribution is 6.24. The van der Waals surface area contributed by atoms with Gasteiger partial charge in [-0.15, -0.1) is 0 Å². The Morgan fingerprint density at radius 2 is 1.56 bits per heavy atom. The smallest absolute Gasteiger partial charge is 0.267 e. The molecule has 0 saturated heterocycles. The van der Waals surface area contributed by atoms with Gasteiger partial charge in [-0.2, -0.15) is 0 Å². The molecule has 9 nitrogen and oxygen atoms in total. The van der Waals surface area contributed by atoms with Crippen molar-refractivity contribution in [2.24, 2.45) is 0 Å². The molecule has 1 aliphatic carbocycles. The van der Waals surface area contributed by atoms with Crippen LogP contribution in [-0.4, -0.2) is 35.8 Å². The molecule has 3 aromatic rings. The predicted octanol–water partition coefficient (Wildman–Crippen LogP) is 3.68. The SMILES string of the molecule is O=C(C=Cc1ccc(CNC(=O)c2ccc(C=C(C(=O)NC3CC3)c3ccc4c(c3)OCO4)cc2)cc1)NO. The maximum Gasteiger partial charge on any atom is 0.267 e. The summed E-state index contributed by atoms with van der Waals surface area (Å²) in [6, 6.07) is 20.0. The molecular formula is C30H27N3O6. The van der Waals surface area contributed by atoms with Crippen molar-refractivity contribution in [3.8, 4) is 11.5 Å². The number of hydrogen-bond donors (Lipinski definition) is 4. The lowest BCUT2D eigenvalue weighted by atomic mass is 10.0. The second-order valence-electron chi connectivity index (χ2n) is 9.23. The Balaban J connectivity index is 1.25. The number of carbonyl (C=O) groups is 3. The lowest BCUT2D eigenvalue weighted by Crippen LogP contribution is -2.26. The van der Waals surface area contributed by atoms with Gasteiger partial charge in [-0.25, -0.2) is 5.48 Å². The van der Waals surface area contributed by atoms with E-state index in [1.54, 1.807) is 60.7 Å². The summed E-state index contributed by atoms with van der Waals surface area (Å²) in [7, 11) is 0. The molecular weight excluding hydrogens is 498 g/mol. The van der Waals surface area contributed by atoms with Crippen LogP contribution in [0.5, 0.6) is 11.5 Å². The second kappa shape index (κ2) is 11.7. The summed E-state index contributed by atoms with van der Waals surface area (Å²) in [6.45, 7) is 0.487. The fourth-order valence-electron chi connectivity index (χ4n) is 3.97. The number of amides is 3. The van der Waals surface area contributed by atoms with E-state index in [4.69, 9.17) is 14.7 Å². The van der Waals surface area contributed by atoms with Gasteiger partial charge in [-0.1, -0.05) is 42.5 Å². The predicted molar refractivity (Wildman–Crippen MR) is 145 cm³/mol. The zero-order chi connectivity index (χ0) is 27.2. The normalized spacial score (nSPS) is 14.2. The maximum absolute atomic E-state index is 13.0. The van der Waals surface area contributed by atoms with E-state index in [0.29, 0.717) is 29.2 Å². The quantitative estimate of drug-likeness (QED) is 0.146. The highest BCUT2D eigenvalue weighted by atomic mass is 16.7. The van der Waals surface area contributed by atoms with Crippen LogP contribution in [0.1, 0.15) is 45.5 Å². The van der Waals surface area contributed by atoms with Crippen LogP contribution in [0, 0.1) is 0 Å². The number of ether oxygens (including phenoxy) is 2. The topological polar surface area (TPSA) is 126 Å². The summed E-state index contributed by atoms with van der Waals surface area (Å²) in [5, 5.41) is 14.5. The van der Waals surface area contributed by atoms with Crippen LogP contribution in [-0.2, 0) is 16.1 Å². The summed E-state index contributed by atoms with van der Waals surface area (Å²) >= 11 is 0. The number of benzene rings is 3. The fraction of sp³-hybridized carbons (Fsp3) is 0.167. The molecule has 0 aromatic heterocycles. The standard InChI is InChI=1S/C30H27N3O6/c34-28(33-37)14-7-19-1-3-21(4-2-19)17-31-29(35)22-8-5-20(6-9-22)15-25(30(36)32-24-11-12-24)23-10-13-26-27(16-23)39-18-38-26/h1-10,13-16,24,37H,11-12,17-18H2,(H,31,35)(H,32,36)(H,33,34). The van der Waals surface area contributed by atoms with Gasteiger partial charge in [-0.05, 0) is 71.5 Å². The first-order valence-electron chi connectivity index (χ1n) is 12.5. The number of fused-ring (bicyclic) bond motifs is 1. The molecule has 0 spiro atoms. The summed E-state index contributed by atoms with van der Waals surface area (Å²) in [5.74, 6) is 0.257. The molecule has 0 unspecified atom stereocenters. The van der Waals surface area contributed by atoms with Crippen molar-refractivity contribution in [1.82, 2.24) is 16.1 Å². The summed E-state index contributed by atoms with van der Waals surface area (Å²) in [5.41, 5.74) is 5.71. The molecule has 1 fully saturated rings. The van der Waals surface area contributed by atoms with Crippen LogP contribution in [0.4, 0.5) is 0 Å². The Bertz CT molecular complexity index is 1440. The number of carbonyl (C=O) groups excluding carboxylic acids is 3. The van der Waals surface area contributed by atoms with Gasteiger partial charge in [-0.3, -0.25) is 19.6 Å². The van der Waals surface area contributed by atoms with Crippen LogP contribution in [0.15, 0.2) is 72.8 Å². The highest BCUT2D eigenvalue weighted by Gasteiger charge is 2.26. The Labute approximate surface area is 225 Å². The highest BCUT2D eigenvalue weighted by Crippen LogP contribution is 2.35. The molecule has 0 atom stereocenters. The molecule has 3 amide bonds. The first-order valence-corrected chi connectivity index (χ1v) is 12.5. The Morgan fingerprint density at radius 3 is 2.28 bits per heavy atom. The van der Waals surface area contributed by atoms with Gasteiger partial charge in [0.2, 0.25) is 6.79 Å². The van der Waals surface area contributed by atoms with E-state index in [0.717, 1.165) is 35.1 Å². The van der Waals surface area contributed by atoms with Crippen LogP contribution in [0.25, 0.3) is 17.7 Å². The van der Waals surface area contributed by atoms with Crippen molar-refractivity contribution in [1.29, 1.82) is 0 Å². The lowest BCUT2D eigenvalue weighted by Gasteiger charge is -2.10. The lowest BCUT2D eigenvalue weighted by molar-refractivity contribution is -0.124. The Hall–Kier alpha value is -4.89. The van der Waals surface area contributed by atoms with Gasteiger partial charge in [0.15, 0.2) is 11.5 Å². The van der Waals surface area contributed by atoms with Gasteiger partial charge in [0.1, 0.15) is 0 Å². The van der Waals surface area contributed by atoms with E-state index in [9.17, 15) is 14.4 Å². The number of hydrogen-bond acceptors (Lipinski definition) is 6. The van der Waals surface area contributed by atoms with Crippen LogP contribution in [0.2, 0.25) is 0 Å². The second-order valence-corrected chi connectivity index (χ2v) is 9.23. The van der Waals surface area contributed by atoms with Crippen LogP contribution in [0.3, 0.4) is 0 Å². The molecule has 9 heteroatoms. The van der Waals surface area contributed by atoms with E-state index in [1.807, 2.05) is 18.2 Å². The van der Waals surface area contributed by atoms with Crippen LogP contribution < -0.4 is 25.6 Å².